The summed E-state index contributed by atoms with van der Waals surface area (Å²) >= 11 is 0. The number of benzene rings is 1. The van der Waals surface area contributed by atoms with Crippen LogP contribution in [0.1, 0.15) is 5.56 Å². The summed E-state index contributed by atoms with van der Waals surface area (Å²) in [5.74, 6) is -1.49. The molecule has 0 aromatic heterocycles. The Hall–Kier alpha value is -1.92. The Kier molecular flexibility index (Phi) is 5.71. The Morgan fingerprint density at radius 3 is 2.90 bits per heavy atom. The first-order chi connectivity index (χ1) is 10.2. The third-order valence-corrected chi connectivity index (χ3v) is 3.16. The SMILES string of the molecule is O=C(O)/C=C/c1cccc(F)c1OCCN1CCOCC1. The van der Waals surface area contributed by atoms with E-state index in [-0.39, 0.29) is 5.75 Å². The molecule has 0 atom stereocenters. The van der Waals surface area contributed by atoms with Crippen molar-refractivity contribution in [2.45, 2.75) is 0 Å². The Balaban J connectivity index is 1.96. The fourth-order valence-corrected chi connectivity index (χ4v) is 2.07. The molecule has 114 valence electrons. The maximum atomic E-state index is 13.8. The van der Waals surface area contributed by atoms with Crippen LogP contribution < -0.4 is 4.74 Å². The van der Waals surface area contributed by atoms with Gasteiger partial charge in [0.1, 0.15) is 6.61 Å². The normalized spacial score (nSPS) is 16.2. The minimum absolute atomic E-state index is 0.0864. The molecule has 0 saturated carbocycles. The van der Waals surface area contributed by atoms with Gasteiger partial charge in [-0.05, 0) is 12.1 Å². The number of aliphatic carboxylic acids is 1. The predicted molar refractivity (Wildman–Crippen MR) is 75.8 cm³/mol. The van der Waals surface area contributed by atoms with Gasteiger partial charge in [-0.2, -0.15) is 0 Å². The van der Waals surface area contributed by atoms with Gasteiger partial charge in [0.05, 0.1) is 13.2 Å². The fraction of sp³-hybridized carbons (Fsp3) is 0.400. The molecule has 0 aliphatic carbocycles. The van der Waals surface area contributed by atoms with Crippen LogP contribution in [0.15, 0.2) is 24.3 Å². The number of carboxylic acid groups (broad SMARTS) is 1. The summed E-state index contributed by atoms with van der Waals surface area (Å²) in [7, 11) is 0. The molecule has 5 nitrogen and oxygen atoms in total. The van der Waals surface area contributed by atoms with E-state index in [0.29, 0.717) is 31.9 Å². The maximum Gasteiger partial charge on any atom is 0.328 e. The lowest BCUT2D eigenvalue weighted by Gasteiger charge is -2.26. The lowest BCUT2D eigenvalue weighted by molar-refractivity contribution is -0.131. The highest BCUT2D eigenvalue weighted by Gasteiger charge is 2.12. The number of morpholine rings is 1. The topological polar surface area (TPSA) is 59.0 Å². The third kappa shape index (κ3) is 4.84. The smallest absolute Gasteiger partial charge is 0.328 e. The number of carboxylic acids is 1. The molecule has 6 heteroatoms. The van der Waals surface area contributed by atoms with Crippen LogP contribution in [-0.2, 0) is 9.53 Å². The number of hydrogen-bond donors (Lipinski definition) is 1. The third-order valence-electron chi connectivity index (χ3n) is 3.16. The van der Waals surface area contributed by atoms with Crippen molar-refractivity contribution in [3.63, 3.8) is 0 Å². The lowest BCUT2D eigenvalue weighted by Crippen LogP contribution is -2.38. The molecular formula is C15H18FNO4. The molecule has 0 radical (unpaired) electrons. The molecule has 1 saturated heterocycles. The van der Waals surface area contributed by atoms with Crippen LogP contribution >= 0.6 is 0 Å². The second kappa shape index (κ2) is 7.75. The second-order valence-corrected chi connectivity index (χ2v) is 4.63. The number of nitrogens with zero attached hydrogens (tertiary/aromatic N) is 1. The number of hydrogen-bond acceptors (Lipinski definition) is 4. The average Bonchev–Trinajstić information content (AvgIpc) is 2.48. The van der Waals surface area contributed by atoms with Crippen molar-refractivity contribution in [2.75, 3.05) is 39.5 Å². The van der Waals surface area contributed by atoms with E-state index in [2.05, 4.69) is 4.90 Å². The molecule has 1 N–H and O–H groups in total. The number of rotatable bonds is 6. The van der Waals surface area contributed by atoms with Gasteiger partial charge in [0.25, 0.3) is 0 Å². The zero-order valence-electron chi connectivity index (χ0n) is 11.6. The quantitative estimate of drug-likeness (QED) is 0.808. The summed E-state index contributed by atoms with van der Waals surface area (Å²) < 4.78 is 24.6. The van der Waals surface area contributed by atoms with Gasteiger partial charge >= 0.3 is 5.97 Å². The van der Waals surface area contributed by atoms with Crippen molar-refractivity contribution in [3.05, 3.63) is 35.7 Å². The van der Waals surface area contributed by atoms with Crippen molar-refractivity contribution in [1.82, 2.24) is 4.90 Å². The van der Waals surface area contributed by atoms with Crippen molar-refractivity contribution in [2.24, 2.45) is 0 Å². The second-order valence-electron chi connectivity index (χ2n) is 4.63. The van der Waals surface area contributed by atoms with Gasteiger partial charge in [0.15, 0.2) is 11.6 Å². The van der Waals surface area contributed by atoms with Crippen LogP contribution in [0.3, 0.4) is 0 Å². The summed E-state index contributed by atoms with van der Waals surface area (Å²) in [6.45, 7) is 4.10. The van der Waals surface area contributed by atoms with Crippen molar-refractivity contribution in [1.29, 1.82) is 0 Å². The highest BCUT2D eigenvalue weighted by molar-refractivity contribution is 5.85. The van der Waals surface area contributed by atoms with Gasteiger partial charge in [0, 0.05) is 31.3 Å². The molecule has 1 aromatic carbocycles. The van der Waals surface area contributed by atoms with Crippen molar-refractivity contribution in [3.8, 4) is 5.75 Å². The van der Waals surface area contributed by atoms with Crippen LogP contribution in [0.5, 0.6) is 5.75 Å². The summed E-state index contributed by atoms with van der Waals surface area (Å²) in [5.41, 5.74) is 0.416. The molecule has 0 unspecified atom stereocenters. The molecule has 1 fully saturated rings. The minimum Gasteiger partial charge on any atom is -0.489 e. The predicted octanol–water partition coefficient (Wildman–Crippen LogP) is 1.63. The monoisotopic (exact) mass is 295 g/mol. The van der Waals surface area contributed by atoms with Gasteiger partial charge in [-0.1, -0.05) is 12.1 Å². The van der Waals surface area contributed by atoms with E-state index >= 15 is 0 Å². The van der Waals surface area contributed by atoms with Gasteiger partial charge in [-0.15, -0.1) is 0 Å². The molecule has 1 aliphatic rings. The van der Waals surface area contributed by atoms with Crippen LogP contribution in [-0.4, -0.2) is 55.4 Å². The Morgan fingerprint density at radius 2 is 2.19 bits per heavy atom. The number of halogens is 1. The van der Waals surface area contributed by atoms with Crippen molar-refractivity contribution < 1.29 is 23.8 Å². The van der Waals surface area contributed by atoms with E-state index < -0.39 is 11.8 Å². The van der Waals surface area contributed by atoms with Gasteiger partial charge < -0.3 is 14.6 Å². The number of ether oxygens (including phenoxy) is 2. The van der Waals surface area contributed by atoms with Gasteiger partial charge in [-0.25, -0.2) is 9.18 Å². The largest absolute Gasteiger partial charge is 0.489 e. The van der Waals surface area contributed by atoms with Gasteiger partial charge in [-0.3, -0.25) is 4.90 Å². The van der Waals surface area contributed by atoms with Crippen LogP contribution in [0.25, 0.3) is 6.08 Å². The molecule has 2 rings (SSSR count). The maximum absolute atomic E-state index is 13.8. The first kappa shape index (κ1) is 15.5. The van der Waals surface area contributed by atoms with E-state index in [1.165, 1.54) is 18.2 Å². The van der Waals surface area contributed by atoms with Crippen LogP contribution in [0.4, 0.5) is 4.39 Å². The van der Waals surface area contributed by atoms with Crippen molar-refractivity contribution >= 4 is 12.0 Å². The minimum atomic E-state index is -1.08. The first-order valence-corrected chi connectivity index (χ1v) is 6.79. The molecule has 0 bridgehead atoms. The summed E-state index contributed by atoms with van der Waals surface area (Å²) in [4.78, 5) is 12.7. The molecule has 1 heterocycles. The number of para-hydroxylation sites is 1. The molecule has 1 aliphatic heterocycles. The Labute approximate surface area is 122 Å². The zero-order valence-corrected chi connectivity index (χ0v) is 11.6. The van der Waals surface area contributed by atoms with E-state index in [1.54, 1.807) is 6.07 Å². The molecule has 21 heavy (non-hydrogen) atoms. The Morgan fingerprint density at radius 1 is 1.43 bits per heavy atom. The van der Waals surface area contributed by atoms with Crippen LogP contribution in [0, 0.1) is 5.82 Å². The molecule has 0 spiro atoms. The summed E-state index contributed by atoms with van der Waals surface area (Å²) in [5, 5.41) is 8.64. The average molecular weight is 295 g/mol. The Bertz CT molecular complexity index is 512. The number of carbonyl (C=O) groups is 1. The fourth-order valence-electron chi connectivity index (χ4n) is 2.07. The summed E-state index contributed by atoms with van der Waals surface area (Å²) in [6.07, 6.45) is 2.29. The van der Waals surface area contributed by atoms with E-state index in [0.717, 1.165) is 19.2 Å². The molecule has 0 amide bonds. The van der Waals surface area contributed by atoms with E-state index in [9.17, 15) is 9.18 Å². The first-order valence-electron chi connectivity index (χ1n) is 6.79. The standard InChI is InChI=1S/C15H18FNO4/c16-13-3-1-2-12(4-5-14(18)19)15(13)21-11-8-17-6-9-20-10-7-17/h1-5H,6-11H2,(H,18,19)/b5-4+. The van der Waals surface area contributed by atoms with Gasteiger partial charge in [0.2, 0.25) is 0 Å². The highest BCUT2D eigenvalue weighted by Crippen LogP contribution is 2.24. The van der Waals surface area contributed by atoms with E-state index in [4.69, 9.17) is 14.6 Å². The van der Waals surface area contributed by atoms with E-state index in [1.807, 2.05) is 0 Å². The molecular weight excluding hydrogens is 277 g/mol. The zero-order chi connectivity index (χ0) is 15.1. The molecule has 1 aromatic rings. The summed E-state index contributed by atoms with van der Waals surface area (Å²) in [6, 6.07) is 4.43. The highest BCUT2D eigenvalue weighted by atomic mass is 19.1. The lowest BCUT2D eigenvalue weighted by atomic mass is 10.2. The van der Waals surface area contributed by atoms with Crippen LogP contribution in [0.2, 0.25) is 0 Å².